The van der Waals surface area contributed by atoms with E-state index in [-0.39, 0.29) is 12.4 Å². The molecule has 6 nitrogen and oxygen atoms in total. The van der Waals surface area contributed by atoms with Gasteiger partial charge in [0.1, 0.15) is 18.2 Å². The van der Waals surface area contributed by atoms with Crippen LogP contribution in [0.3, 0.4) is 0 Å². The van der Waals surface area contributed by atoms with Crippen LogP contribution in [0.1, 0.15) is 34.8 Å². The highest BCUT2D eigenvalue weighted by Crippen LogP contribution is 2.28. The molecule has 33 heavy (non-hydrogen) atoms. The maximum absolute atomic E-state index is 13.7. The lowest BCUT2D eigenvalue weighted by molar-refractivity contribution is 0.0954. The molecule has 0 aliphatic rings. The summed E-state index contributed by atoms with van der Waals surface area (Å²) in [6.45, 7) is 2.62. The van der Waals surface area contributed by atoms with Crippen LogP contribution in [0.25, 0.3) is 0 Å². The van der Waals surface area contributed by atoms with Crippen molar-refractivity contribution in [2.24, 2.45) is 5.10 Å². The molecule has 0 saturated heterocycles. The average Bonchev–Trinajstić information content (AvgIpc) is 2.83. The molecule has 1 N–H and O–H groups in total. The van der Waals surface area contributed by atoms with Gasteiger partial charge in [0.15, 0.2) is 11.5 Å². The smallest absolute Gasteiger partial charge is 0.271 e. The molecule has 0 fully saturated rings. The lowest BCUT2D eigenvalue weighted by Gasteiger charge is -2.11. The van der Waals surface area contributed by atoms with Crippen LogP contribution < -0.4 is 19.6 Å². The molecule has 0 atom stereocenters. The van der Waals surface area contributed by atoms with Gasteiger partial charge in [0.05, 0.1) is 25.0 Å². The minimum absolute atomic E-state index is 0.0572. The number of carbonyl (C=O) groups excluding carboxylic acids is 1. The molecule has 172 valence electrons. The number of benzene rings is 3. The van der Waals surface area contributed by atoms with E-state index in [9.17, 15) is 9.18 Å². The van der Waals surface area contributed by atoms with Gasteiger partial charge >= 0.3 is 0 Å². The Kier molecular flexibility index (Phi) is 8.66. The zero-order valence-corrected chi connectivity index (χ0v) is 19.1. The Morgan fingerprint density at radius 1 is 1.06 bits per heavy atom. The van der Waals surface area contributed by atoms with Gasteiger partial charge in [-0.15, -0.1) is 0 Å². The van der Waals surface area contributed by atoms with Gasteiger partial charge in [-0.25, -0.2) is 9.82 Å². The Bertz CT molecular complexity index is 1140. The van der Waals surface area contributed by atoms with E-state index in [1.165, 1.54) is 19.4 Å². The number of rotatable bonds is 10. The SMILES string of the molecule is CCCOc1ccc(C(=O)N/N=C/c2ccc(OCc3ccccc3F)c(Cl)c2)cc1OC. The second kappa shape index (κ2) is 11.9. The van der Waals surface area contributed by atoms with E-state index in [1.54, 1.807) is 54.6 Å². The first-order valence-electron chi connectivity index (χ1n) is 10.3. The van der Waals surface area contributed by atoms with E-state index in [0.717, 1.165) is 6.42 Å². The molecule has 3 rings (SSSR count). The lowest BCUT2D eigenvalue weighted by atomic mass is 10.2. The number of hydrogen-bond acceptors (Lipinski definition) is 5. The summed E-state index contributed by atoms with van der Waals surface area (Å²) < 4.78 is 30.2. The molecule has 3 aromatic rings. The summed E-state index contributed by atoms with van der Waals surface area (Å²) in [4.78, 5) is 12.4. The molecule has 8 heteroatoms. The molecular formula is C25H24ClFN2O4. The quantitative estimate of drug-likeness (QED) is 0.308. The van der Waals surface area contributed by atoms with Crippen LogP contribution in [0.5, 0.6) is 17.2 Å². The first-order chi connectivity index (χ1) is 16.0. The van der Waals surface area contributed by atoms with Crippen LogP contribution in [-0.4, -0.2) is 25.8 Å². The van der Waals surface area contributed by atoms with Gasteiger partial charge in [-0.2, -0.15) is 5.10 Å². The normalized spacial score (nSPS) is 10.8. The number of hydrogen-bond donors (Lipinski definition) is 1. The van der Waals surface area contributed by atoms with Crippen molar-refractivity contribution >= 4 is 23.7 Å². The predicted octanol–water partition coefficient (Wildman–Crippen LogP) is 5.62. The molecule has 1 amide bonds. The van der Waals surface area contributed by atoms with Crippen LogP contribution >= 0.6 is 11.6 Å². The van der Waals surface area contributed by atoms with E-state index in [2.05, 4.69) is 10.5 Å². The zero-order chi connectivity index (χ0) is 23.6. The van der Waals surface area contributed by atoms with Crippen molar-refractivity contribution in [1.29, 1.82) is 0 Å². The third-order valence-corrected chi connectivity index (χ3v) is 4.86. The Hall–Kier alpha value is -3.58. The van der Waals surface area contributed by atoms with Gasteiger partial charge in [0, 0.05) is 11.1 Å². The second-order valence-corrected chi connectivity index (χ2v) is 7.39. The third-order valence-electron chi connectivity index (χ3n) is 4.56. The van der Waals surface area contributed by atoms with Crippen molar-refractivity contribution in [2.75, 3.05) is 13.7 Å². The fourth-order valence-electron chi connectivity index (χ4n) is 2.86. The molecule has 0 unspecified atom stereocenters. The average molecular weight is 471 g/mol. The summed E-state index contributed by atoms with van der Waals surface area (Å²) in [7, 11) is 1.52. The Morgan fingerprint density at radius 3 is 2.58 bits per heavy atom. The topological polar surface area (TPSA) is 69.2 Å². The summed E-state index contributed by atoms with van der Waals surface area (Å²) in [6.07, 6.45) is 2.32. The maximum atomic E-state index is 13.7. The molecule has 3 aromatic carbocycles. The molecule has 0 heterocycles. The standard InChI is InChI=1S/C25H24ClFN2O4/c1-3-12-32-23-11-9-18(14-24(23)31-2)25(30)29-28-15-17-8-10-22(20(26)13-17)33-16-19-6-4-5-7-21(19)27/h4-11,13-15H,3,12,16H2,1-2H3,(H,29,30)/b28-15+. The summed E-state index contributed by atoms with van der Waals surface area (Å²) in [5, 5.41) is 4.32. The van der Waals surface area contributed by atoms with Crippen molar-refractivity contribution in [3.05, 3.63) is 88.2 Å². The van der Waals surface area contributed by atoms with Gasteiger partial charge < -0.3 is 14.2 Å². The number of nitrogens with zero attached hydrogens (tertiary/aromatic N) is 1. The van der Waals surface area contributed by atoms with Crippen molar-refractivity contribution < 1.29 is 23.4 Å². The number of halogens is 2. The second-order valence-electron chi connectivity index (χ2n) is 6.98. The largest absolute Gasteiger partial charge is 0.493 e. The first-order valence-corrected chi connectivity index (χ1v) is 10.7. The fourth-order valence-corrected chi connectivity index (χ4v) is 3.10. The summed E-state index contributed by atoms with van der Waals surface area (Å²) >= 11 is 6.26. The minimum Gasteiger partial charge on any atom is -0.493 e. The monoisotopic (exact) mass is 470 g/mol. The number of amides is 1. The van der Waals surface area contributed by atoms with Crippen molar-refractivity contribution in [3.8, 4) is 17.2 Å². The van der Waals surface area contributed by atoms with Crippen molar-refractivity contribution in [2.45, 2.75) is 20.0 Å². The van der Waals surface area contributed by atoms with Crippen LogP contribution in [0.4, 0.5) is 4.39 Å². The highest BCUT2D eigenvalue weighted by Gasteiger charge is 2.11. The minimum atomic E-state index is -0.400. The van der Waals surface area contributed by atoms with Gasteiger partial charge in [-0.3, -0.25) is 4.79 Å². The van der Waals surface area contributed by atoms with Gasteiger partial charge in [0.25, 0.3) is 5.91 Å². The summed E-state index contributed by atoms with van der Waals surface area (Å²) in [6, 6.07) is 16.3. The molecule has 0 bridgehead atoms. The van der Waals surface area contributed by atoms with E-state index < -0.39 is 5.91 Å². The lowest BCUT2D eigenvalue weighted by Crippen LogP contribution is -2.17. The first kappa shape index (κ1) is 24.1. The Morgan fingerprint density at radius 2 is 1.85 bits per heavy atom. The van der Waals surface area contributed by atoms with Gasteiger partial charge in [-0.05, 0) is 54.4 Å². The molecule has 0 aliphatic carbocycles. The van der Waals surface area contributed by atoms with Crippen LogP contribution in [0, 0.1) is 5.82 Å². The highest BCUT2D eigenvalue weighted by molar-refractivity contribution is 6.32. The highest BCUT2D eigenvalue weighted by atomic mass is 35.5. The number of methoxy groups -OCH3 is 1. The van der Waals surface area contributed by atoms with Gasteiger partial charge in [-0.1, -0.05) is 36.7 Å². The fraction of sp³-hybridized carbons (Fsp3) is 0.200. The molecule has 0 radical (unpaired) electrons. The summed E-state index contributed by atoms with van der Waals surface area (Å²) in [5.41, 5.74) is 3.93. The van der Waals surface area contributed by atoms with E-state index in [4.69, 9.17) is 25.8 Å². The predicted molar refractivity (Wildman–Crippen MR) is 126 cm³/mol. The van der Waals surface area contributed by atoms with E-state index in [1.807, 2.05) is 6.92 Å². The molecule has 0 aromatic heterocycles. The number of carbonyl (C=O) groups is 1. The zero-order valence-electron chi connectivity index (χ0n) is 18.3. The van der Waals surface area contributed by atoms with Crippen LogP contribution in [-0.2, 0) is 6.61 Å². The number of ether oxygens (including phenoxy) is 3. The molecular weight excluding hydrogens is 447 g/mol. The molecule has 0 saturated carbocycles. The number of hydrazone groups is 1. The van der Waals surface area contributed by atoms with Crippen LogP contribution in [0.15, 0.2) is 65.8 Å². The van der Waals surface area contributed by atoms with Crippen molar-refractivity contribution in [3.63, 3.8) is 0 Å². The summed E-state index contributed by atoms with van der Waals surface area (Å²) in [5.74, 6) is 0.721. The maximum Gasteiger partial charge on any atom is 0.271 e. The van der Waals surface area contributed by atoms with Crippen molar-refractivity contribution in [1.82, 2.24) is 5.43 Å². The number of nitrogens with one attached hydrogen (secondary N) is 1. The molecule has 0 spiro atoms. The molecule has 0 aliphatic heterocycles. The Labute approximate surface area is 196 Å². The third kappa shape index (κ3) is 6.70. The Balaban J connectivity index is 1.59. The van der Waals surface area contributed by atoms with E-state index >= 15 is 0 Å². The van der Waals surface area contributed by atoms with Gasteiger partial charge in [0.2, 0.25) is 0 Å². The van der Waals surface area contributed by atoms with Crippen LogP contribution in [0.2, 0.25) is 5.02 Å². The van der Waals surface area contributed by atoms with E-state index in [0.29, 0.717) is 45.6 Å².